The number of anilines is 1. The van der Waals surface area contributed by atoms with Crippen LogP contribution < -0.4 is 5.32 Å². The number of benzene rings is 3. The van der Waals surface area contributed by atoms with Crippen LogP contribution in [0.5, 0.6) is 0 Å². The van der Waals surface area contributed by atoms with Crippen LogP contribution >= 0.6 is 11.8 Å². The third kappa shape index (κ3) is 4.03. The van der Waals surface area contributed by atoms with Gasteiger partial charge in [-0.25, -0.2) is 9.37 Å². The van der Waals surface area contributed by atoms with E-state index in [0.29, 0.717) is 5.16 Å². The summed E-state index contributed by atoms with van der Waals surface area (Å²) < 4.78 is 15.9. The molecule has 4 aromatic rings. The Hall–Kier alpha value is -3.12. The third-order valence-electron chi connectivity index (χ3n) is 4.61. The van der Waals surface area contributed by atoms with Crippen LogP contribution in [0.3, 0.4) is 0 Å². The summed E-state index contributed by atoms with van der Waals surface area (Å²) in [6.07, 6.45) is 0. The highest BCUT2D eigenvalue weighted by Crippen LogP contribution is 2.31. The Balaban J connectivity index is 1.65. The fourth-order valence-electron chi connectivity index (χ4n) is 3.03. The molecule has 29 heavy (non-hydrogen) atoms. The fourth-order valence-corrected chi connectivity index (χ4v) is 3.98. The number of aromatic nitrogens is 2. The normalized spacial score (nSPS) is 12.1. The summed E-state index contributed by atoms with van der Waals surface area (Å²) in [5.41, 5.74) is 4.16. The Morgan fingerprint density at radius 2 is 1.72 bits per heavy atom. The van der Waals surface area contributed by atoms with Crippen LogP contribution in [0.1, 0.15) is 12.5 Å². The predicted octanol–water partition coefficient (Wildman–Crippen LogP) is 5.59. The first-order chi connectivity index (χ1) is 14.0. The number of amides is 1. The fraction of sp³-hybridized carbons (Fsp3) is 0.130. The SMILES string of the molecule is Cc1ccc(-n2c(S[C@H](C)C(=O)Nc3ccccc3F)nc3ccccc32)cc1. The Kier molecular flexibility index (Phi) is 5.36. The summed E-state index contributed by atoms with van der Waals surface area (Å²) in [7, 11) is 0. The molecule has 146 valence electrons. The van der Waals surface area contributed by atoms with Gasteiger partial charge in [-0.2, -0.15) is 0 Å². The molecule has 1 amide bonds. The number of nitrogens with one attached hydrogen (secondary N) is 1. The van der Waals surface area contributed by atoms with Gasteiger partial charge in [0.15, 0.2) is 5.16 Å². The lowest BCUT2D eigenvalue weighted by Crippen LogP contribution is -2.23. The molecular weight excluding hydrogens is 385 g/mol. The molecule has 1 N–H and O–H groups in total. The number of imidazole rings is 1. The average molecular weight is 405 g/mol. The zero-order valence-corrected chi connectivity index (χ0v) is 16.9. The maximum absolute atomic E-state index is 13.9. The number of hydrogen-bond acceptors (Lipinski definition) is 3. The minimum atomic E-state index is -0.462. The molecule has 0 radical (unpaired) electrons. The van der Waals surface area contributed by atoms with E-state index in [2.05, 4.69) is 5.32 Å². The Labute approximate surface area is 172 Å². The zero-order valence-electron chi connectivity index (χ0n) is 16.1. The molecule has 1 heterocycles. The highest BCUT2D eigenvalue weighted by Gasteiger charge is 2.21. The van der Waals surface area contributed by atoms with Crippen LogP contribution in [-0.4, -0.2) is 20.7 Å². The van der Waals surface area contributed by atoms with Gasteiger partial charge in [0.25, 0.3) is 0 Å². The Morgan fingerprint density at radius 3 is 2.48 bits per heavy atom. The highest BCUT2D eigenvalue weighted by atomic mass is 32.2. The van der Waals surface area contributed by atoms with Crippen LogP contribution in [0, 0.1) is 12.7 Å². The lowest BCUT2D eigenvalue weighted by molar-refractivity contribution is -0.115. The summed E-state index contributed by atoms with van der Waals surface area (Å²) in [5, 5.41) is 2.91. The van der Waals surface area contributed by atoms with Crippen LogP contribution in [0.15, 0.2) is 78.0 Å². The minimum absolute atomic E-state index is 0.178. The van der Waals surface area contributed by atoms with Gasteiger partial charge in [0.1, 0.15) is 5.82 Å². The monoisotopic (exact) mass is 405 g/mol. The van der Waals surface area contributed by atoms with Crippen LogP contribution in [0.2, 0.25) is 0 Å². The van der Waals surface area contributed by atoms with Crippen molar-refractivity contribution in [1.82, 2.24) is 9.55 Å². The first-order valence-corrected chi connectivity index (χ1v) is 10.2. The van der Waals surface area contributed by atoms with Crippen molar-refractivity contribution in [1.29, 1.82) is 0 Å². The number of aryl methyl sites for hydroxylation is 1. The minimum Gasteiger partial charge on any atom is -0.323 e. The van der Waals surface area contributed by atoms with Gasteiger partial charge in [0.2, 0.25) is 5.91 Å². The number of rotatable bonds is 5. The predicted molar refractivity (Wildman–Crippen MR) is 116 cm³/mol. The molecule has 1 aromatic heterocycles. The van der Waals surface area contributed by atoms with Crippen molar-refractivity contribution in [2.45, 2.75) is 24.3 Å². The van der Waals surface area contributed by atoms with Gasteiger partial charge in [0.05, 0.1) is 22.0 Å². The number of fused-ring (bicyclic) bond motifs is 1. The quantitative estimate of drug-likeness (QED) is 0.440. The van der Waals surface area contributed by atoms with E-state index in [-0.39, 0.29) is 11.6 Å². The van der Waals surface area contributed by atoms with Gasteiger partial charge in [-0.3, -0.25) is 9.36 Å². The van der Waals surface area contributed by atoms with E-state index in [1.807, 2.05) is 60.0 Å². The number of thioether (sulfide) groups is 1. The van der Waals surface area contributed by atoms with E-state index in [4.69, 9.17) is 4.98 Å². The number of nitrogens with zero attached hydrogens (tertiary/aromatic N) is 2. The molecule has 4 rings (SSSR count). The van der Waals surface area contributed by atoms with Crippen molar-refractivity contribution in [2.24, 2.45) is 0 Å². The van der Waals surface area contributed by atoms with Gasteiger partial charge >= 0.3 is 0 Å². The van der Waals surface area contributed by atoms with E-state index in [9.17, 15) is 9.18 Å². The van der Waals surface area contributed by atoms with Crippen molar-refractivity contribution >= 4 is 34.4 Å². The van der Waals surface area contributed by atoms with Crippen molar-refractivity contribution < 1.29 is 9.18 Å². The lowest BCUT2D eigenvalue weighted by Gasteiger charge is -2.14. The molecule has 0 saturated heterocycles. The maximum atomic E-state index is 13.9. The first-order valence-electron chi connectivity index (χ1n) is 9.29. The molecule has 3 aromatic carbocycles. The molecule has 0 bridgehead atoms. The number of hydrogen-bond donors (Lipinski definition) is 1. The third-order valence-corrected chi connectivity index (χ3v) is 5.66. The lowest BCUT2D eigenvalue weighted by atomic mass is 10.2. The Bertz CT molecular complexity index is 1170. The molecule has 6 heteroatoms. The molecule has 0 aliphatic heterocycles. The molecule has 1 atom stereocenters. The van der Waals surface area contributed by atoms with Crippen molar-refractivity contribution in [3.05, 3.63) is 84.2 Å². The molecule has 0 unspecified atom stereocenters. The maximum Gasteiger partial charge on any atom is 0.237 e. The van der Waals surface area contributed by atoms with Gasteiger partial charge in [0, 0.05) is 5.69 Å². The molecule has 0 fully saturated rings. The zero-order chi connectivity index (χ0) is 20.4. The largest absolute Gasteiger partial charge is 0.323 e. The molecular formula is C23H20FN3OS. The standard InChI is InChI=1S/C23H20FN3OS/c1-15-11-13-17(14-12-15)27-21-10-6-5-9-20(21)26-23(27)29-16(2)22(28)25-19-8-4-3-7-18(19)24/h3-14,16H,1-2H3,(H,25,28)/t16-/m1/s1. The van der Waals surface area contributed by atoms with Gasteiger partial charge in [-0.1, -0.05) is 53.7 Å². The number of para-hydroxylation sites is 3. The van der Waals surface area contributed by atoms with Crippen LogP contribution in [0.4, 0.5) is 10.1 Å². The van der Waals surface area contributed by atoms with E-state index in [0.717, 1.165) is 16.7 Å². The van der Waals surface area contributed by atoms with Crippen LogP contribution in [0.25, 0.3) is 16.7 Å². The van der Waals surface area contributed by atoms with Crippen molar-refractivity contribution in [3.8, 4) is 5.69 Å². The van der Waals surface area contributed by atoms with E-state index in [1.165, 1.54) is 23.4 Å². The second-order valence-electron chi connectivity index (χ2n) is 6.78. The number of carbonyl (C=O) groups is 1. The van der Waals surface area contributed by atoms with E-state index >= 15 is 0 Å². The topological polar surface area (TPSA) is 46.9 Å². The summed E-state index contributed by atoms with van der Waals surface area (Å²) in [6.45, 7) is 3.83. The van der Waals surface area contributed by atoms with Gasteiger partial charge in [-0.15, -0.1) is 0 Å². The van der Waals surface area contributed by atoms with E-state index in [1.54, 1.807) is 25.1 Å². The number of halogens is 1. The number of carbonyl (C=O) groups excluding carboxylic acids is 1. The molecule has 0 aliphatic carbocycles. The smallest absolute Gasteiger partial charge is 0.237 e. The van der Waals surface area contributed by atoms with Crippen molar-refractivity contribution in [3.63, 3.8) is 0 Å². The molecule has 0 saturated carbocycles. The highest BCUT2D eigenvalue weighted by molar-refractivity contribution is 8.00. The summed E-state index contributed by atoms with van der Waals surface area (Å²) in [5.74, 6) is -0.729. The second-order valence-corrected chi connectivity index (χ2v) is 8.09. The summed E-state index contributed by atoms with van der Waals surface area (Å²) in [4.78, 5) is 17.4. The first kappa shape index (κ1) is 19.2. The van der Waals surface area contributed by atoms with Gasteiger partial charge < -0.3 is 5.32 Å². The average Bonchev–Trinajstić information content (AvgIpc) is 3.08. The Morgan fingerprint density at radius 1 is 1.03 bits per heavy atom. The van der Waals surface area contributed by atoms with Crippen molar-refractivity contribution in [2.75, 3.05) is 5.32 Å². The second kappa shape index (κ2) is 8.09. The molecule has 4 nitrogen and oxygen atoms in total. The summed E-state index contributed by atoms with van der Waals surface area (Å²) >= 11 is 1.35. The summed E-state index contributed by atoms with van der Waals surface area (Å²) in [6, 6.07) is 22.2. The van der Waals surface area contributed by atoms with Gasteiger partial charge in [-0.05, 0) is 50.2 Å². The van der Waals surface area contributed by atoms with Crippen LogP contribution in [-0.2, 0) is 4.79 Å². The van der Waals surface area contributed by atoms with E-state index < -0.39 is 11.1 Å². The molecule has 0 aliphatic rings. The molecule has 0 spiro atoms.